The van der Waals surface area contributed by atoms with Crippen molar-refractivity contribution in [2.45, 2.75) is 45.2 Å². The molecule has 1 spiro atoms. The van der Waals surface area contributed by atoms with Crippen molar-refractivity contribution in [2.75, 3.05) is 0 Å². The molecule has 1 aromatic heterocycles. The quantitative estimate of drug-likeness (QED) is 0.522. The summed E-state index contributed by atoms with van der Waals surface area (Å²) in [5, 5.41) is 3.68. The van der Waals surface area contributed by atoms with E-state index in [4.69, 9.17) is 0 Å². The molecule has 3 nitrogen and oxygen atoms in total. The van der Waals surface area contributed by atoms with Crippen LogP contribution >= 0.6 is 15.9 Å². The Bertz CT molecular complexity index is 1070. The van der Waals surface area contributed by atoms with Gasteiger partial charge in [-0.15, -0.1) is 0 Å². The number of fused-ring (bicyclic) bond motifs is 1. The molecule has 1 N–H and O–H groups in total. The third kappa shape index (κ3) is 3.39. The first kappa shape index (κ1) is 18.9. The minimum atomic E-state index is -0.294. The van der Waals surface area contributed by atoms with Gasteiger partial charge in [0.1, 0.15) is 5.82 Å². The van der Waals surface area contributed by atoms with Gasteiger partial charge in [-0.3, -0.25) is 4.79 Å². The summed E-state index contributed by atoms with van der Waals surface area (Å²) in [6.07, 6.45) is 6.59. The molecule has 0 saturated heterocycles. The molecule has 2 saturated carbocycles. The average molecular weight is 455 g/mol. The molecule has 2 aliphatic carbocycles. The number of amides is 1. The molecule has 1 heterocycles. The number of rotatable bonds is 4. The van der Waals surface area contributed by atoms with Crippen LogP contribution in [0.1, 0.15) is 48.5 Å². The van der Waals surface area contributed by atoms with Crippen LogP contribution in [0.25, 0.3) is 10.9 Å². The lowest BCUT2D eigenvalue weighted by Crippen LogP contribution is -2.55. The third-order valence-electron chi connectivity index (χ3n) is 6.64. The summed E-state index contributed by atoms with van der Waals surface area (Å²) in [5.41, 5.74) is 2.79. The lowest BCUT2D eigenvalue weighted by Gasteiger charge is -2.57. The van der Waals surface area contributed by atoms with E-state index in [1.165, 1.54) is 18.9 Å². The van der Waals surface area contributed by atoms with E-state index in [1.54, 1.807) is 12.1 Å². The highest BCUT2D eigenvalue weighted by Gasteiger charge is 2.51. The molecule has 2 fully saturated rings. The molecule has 1 amide bonds. The monoisotopic (exact) mass is 454 g/mol. The van der Waals surface area contributed by atoms with Crippen LogP contribution in [0.2, 0.25) is 0 Å². The van der Waals surface area contributed by atoms with Crippen LogP contribution in [0.15, 0.2) is 53.1 Å². The summed E-state index contributed by atoms with van der Waals surface area (Å²) in [5.74, 6) is 0.431. The topological polar surface area (TPSA) is 34.0 Å². The number of carbonyl (C=O) groups excluding carboxylic acids is 1. The molecule has 2 aromatic carbocycles. The van der Waals surface area contributed by atoms with Crippen LogP contribution in [-0.4, -0.2) is 16.5 Å². The Hall–Kier alpha value is -2.14. The zero-order valence-electron chi connectivity index (χ0n) is 16.4. The zero-order chi connectivity index (χ0) is 20.2. The molecule has 0 radical (unpaired) electrons. The Morgan fingerprint density at radius 3 is 2.55 bits per heavy atom. The molecule has 29 heavy (non-hydrogen) atoms. The van der Waals surface area contributed by atoms with Crippen molar-refractivity contribution in [3.8, 4) is 0 Å². The summed E-state index contributed by atoms with van der Waals surface area (Å²) in [7, 11) is 0. The second-order valence-corrected chi connectivity index (χ2v) is 9.94. The van der Waals surface area contributed by atoms with E-state index in [0.717, 1.165) is 28.8 Å². The molecule has 0 unspecified atom stereocenters. The van der Waals surface area contributed by atoms with Gasteiger partial charge in [0.15, 0.2) is 0 Å². The Morgan fingerprint density at radius 1 is 1.14 bits per heavy atom. The van der Waals surface area contributed by atoms with Crippen LogP contribution in [0.3, 0.4) is 0 Å². The van der Waals surface area contributed by atoms with Crippen molar-refractivity contribution < 1.29 is 9.18 Å². The van der Waals surface area contributed by atoms with Gasteiger partial charge in [0.25, 0.3) is 5.91 Å². The molecule has 5 heteroatoms. The van der Waals surface area contributed by atoms with Crippen LogP contribution in [0.5, 0.6) is 0 Å². The lowest BCUT2D eigenvalue weighted by molar-refractivity contribution is -0.0399. The van der Waals surface area contributed by atoms with Crippen LogP contribution in [-0.2, 0) is 6.54 Å². The number of hydrogen-bond donors (Lipinski definition) is 1. The lowest BCUT2D eigenvalue weighted by atomic mass is 9.50. The molecule has 0 atom stereocenters. The highest BCUT2D eigenvalue weighted by atomic mass is 79.9. The molecule has 0 aliphatic heterocycles. The fourth-order valence-electron chi connectivity index (χ4n) is 5.49. The van der Waals surface area contributed by atoms with E-state index >= 15 is 0 Å². The summed E-state index contributed by atoms with van der Waals surface area (Å²) in [6.45, 7) is 2.89. The molecule has 2 aliphatic rings. The van der Waals surface area contributed by atoms with E-state index in [1.807, 2.05) is 35.0 Å². The highest BCUT2D eigenvalue weighted by molar-refractivity contribution is 9.10. The van der Waals surface area contributed by atoms with Crippen molar-refractivity contribution in [1.82, 2.24) is 9.88 Å². The Labute approximate surface area is 178 Å². The largest absolute Gasteiger partial charge is 0.349 e. The van der Waals surface area contributed by atoms with E-state index < -0.39 is 0 Å². The smallest absolute Gasteiger partial charge is 0.253 e. The maximum atomic E-state index is 14.4. The summed E-state index contributed by atoms with van der Waals surface area (Å²) < 4.78 is 17.4. The predicted octanol–water partition coefficient (Wildman–Crippen LogP) is 5.90. The number of nitrogens with one attached hydrogen (secondary N) is 1. The minimum absolute atomic E-state index is 0.0991. The third-order valence-corrected chi connectivity index (χ3v) is 7.17. The first-order valence-electron chi connectivity index (χ1n) is 10.3. The Morgan fingerprint density at radius 2 is 1.86 bits per heavy atom. The van der Waals surface area contributed by atoms with Crippen molar-refractivity contribution in [3.63, 3.8) is 0 Å². The van der Waals surface area contributed by atoms with Crippen LogP contribution in [0, 0.1) is 17.2 Å². The summed E-state index contributed by atoms with van der Waals surface area (Å²) in [6, 6.07) is 13.1. The standard InChI is InChI=1S/C24H24BrFN2O/c1-15-10-24(11-15)12-18(13-24)27-23(29)20-6-7-21(26)19-8-9-28(22(19)20)14-16-2-4-17(25)5-3-16/h2-9,15,18H,10-14H2,1H3,(H,27,29). The summed E-state index contributed by atoms with van der Waals surface area (Å²) in [4.78, 5) is 13.0. The molecule has 5 rings (SSSR count). The van der Waals surface area contributed by atoms with Crippen molar-refractivity contribution >= 4 is 32.7 Å². The van der Waals surface area contributed by atoms with Crippen LogP contribution in [0.4, 0.5) is 4.39 Å². The zero-order valence-corrected chi connectivity index (χ0v) is 18.0. The van der Waals surface area contributed by atoms with Gasteiger partial charge in [-0.2, -0.15) is 0 Å². The number of halogens is 2. The number of benzene rings is 2. The Kier molecular flexibility index (Phi) is 4.54. The number of carbonyl (C=O) groups is 1. The van der Waals surface area contributed by atoms with Gasteiger partial charge in [-0.1, -0.05) is 35.0 Å². The maximum Gasteiger partial charge on any atom is 0.253 e. The average Bonchev–Trinajstić information content (AvgIpc) is 3.05. The fourth-order valence-corrected chi connectivity index (χ4v) is 5.76. The Balaban J connectivity index is 1.39. The van der Waals surface area contributed by atoms with Gasteiger partial charge in [0.05, 0.1) is 11.1 Å². The molecule has 150 valence electrons. The normalized spacial score (nSPS) is 25.6. The van der Waals surface area contributed by atoms with Gasteiger partial charge in [0, 0.05) is 28.6 Å². The second-order valence-electron chi connectivity index (χ2n) is 9.02. The molecular formula is C24H24BrFN2O. The van der Waals surface area contributed by atoms with Crippen LogP contribution < -0.4 is 5.32 Å². The predicted molar refractivity (Wildman–Crippen MR) is 116 cm³/mol. The van der Waals surface area contributed by atoms with Crippen molar-refractivity contribution in [3.05, 3.63) is 70.1 Å². The van der Waals surface area contributed by atoms with Crippen molar-refractivity contribution in [1.29, 1.82) is 0 Å². The first-order chi connectivity index (χ1) is 13.9. The van der Waals surface area contributed by atoms with E-state index in [-0.39, 0.29) is 17.8 Å². The molecule has 0 bridgehead atoms. The SMILES string of the molecule is CC1CC2(C1)CC(NC(=O)c1ccc(F)c3ccn(Cc4ccc(Br)cc4)c13)C2. The van der Waals surface area contributed by atoms with Gasteiger partial charge in [-0.05, 0) is 72.9 Å². The molecule has 3 aromatic rings. The number of nitrogens with zero attached hydrogens (tertiary/aromatic N) is 1. The summed E-state index contributed by atoms with van der Waals surface area (Å²) >= 11 is 3.45. The van der Waals surface area contributed by atoms with Gasteiger partial charge < -0.3 is 9.88 Å². The van der Waals surface area contributed by atoms with Crippen molar-refractivity contribution in [2.24, 2.45) is 11.3 Å². The first-order valence-corrected chi connectivity index (χ1v) is 11.0. The molecular weight excluding hydrogens is 431 g/mol. The highest BCUT2D eigenvalue weighted by Crippen LogP contribution is 2.58. The van der Waals surface area contributed by atoms with Gasteiger partial charge in [-0.25, -0.2) is 4.39 Å². The maximum absolute atomic E-state index is 14.4. The van der Waals surface area contributed by atoms with E-state index in [0.29, 0.717) is 28.4 Å². The fraction of sp³-hybridized carbons (Fsp3) is 0.375. The number of hydrogen-bond acceptors (Lipinski definition) is 1. The van der Waals surface area contributed by atoms with Gasteiger partial charge >= 0.3 is 0 Å². The van der Waals surface area contributed by atoms with E-state index in [9.17, 15) is 9.18 Å². The number of aromatic nitrogens is 1. The van der Waals surface area contributed by atoms with Gasteiger partial charge in [0.2, 0.25) is 0 Å². The second kappa shape index (κ2) is 6.98. The minimum Gasteiger partial charge on any atom is -0.349 e. The van der Waals surface area contributed by atoms with E-state index in [2.05, 4.69) is 28.2 Å².